The minimum Gasteiger partial charge on any atom is -0.309 e. The summed E-state index contributed by atoms with van der Waals surface area (Å²) in [5.74, 6) is -0.233. The highest BCUT2D eigenvalue weighted by Gasteiger charge is 2.10. The van der Waals surface area contributed by atoms with E-state index in [1.807, 2.05) is 14.1 Å². The average molecular weight is 249 g/mol. The summed E-state index contributed by atoms with van der Waals surface area (Å²) in [6, 6.07) is 6.64. The normalized spacial score (nSPS) is 12.4. The molecule has 1 N–H and O–H groups in total. The number of nitrogens with zero attached hydrogens (tertiary/aromatic N) is 2. The van der Waals surface area contributed by atoms with Crippen LogP contribution in [0.2, 0.25) is 0 Å². The molecule has 98 valence electrons. The molecule has 3 nitrogen and oxygen atoms in total. The molecule has 0 amide bonds. The second-order valence-corrected chi connectivity index (χ2v) is 4.68. The molecule has 0 spiro atoms. The Bertz CT molecular complexity index is 424. The maximum absolute atomic E-state index is 13.2. The van der Waals surface area contributed by atoms with Crippen molar-refractivity contribution < 1.29 is 4.39 Å². The van der Waals surface area contributed by atoms with Gasteiger partial charge in [-0.25, -0.2) is 4.39 Å². The molecule has 0 bridgehead atoms. The Balaban J connectivity index is 2.55. The van der Waals surface area contributed by atoms with Gasteiger partial charge in [0.2, 0.25) is 0 Å². The molecule has 0 saturated heterocycles. The molecule has 1 unspecified atom stereocenters. The molecule has 0 aliphatic heterocycles. The Labute approximate surface area is 108 Å². The molecular formula is C14H20FN3. The third kappa shape index (κ3) is 4.44. The Hall–Kier alpha value is -1.44. The van der Waals surface area contributed by atoms with Crippen LogP contribution in [0.4, 0.5) is 4.39 Å². The smallest absolute Gasteiger partial charge is 0.126 e. The summed E-state index contributed by atoms with van der Waals surface area (Å²) >= 11 is 0. The largest absolute Gasteiger partial charge is 0.309 e. The van der Waals surface area contributed by atoms with Gasteiger partial charge in [0.1, 0.15) is 11.9 Å². The van der Waals surface area contributed by atoms with E-state index in [0.717, 1.165) is 25.1 Å². The van der Waals surface area contributed by atoms with Crippen LogP contribution in [0.3, 0.4) is 0 Å². The van der Waals surface area contributed by atoms with Crippen molar-refractivity contribution in [1.29, 1.82) is 5.26 Å². The number of hydrogen-bond acceptors (Lipinski definition) is 3. The number of aryl methyl sites for hydroxylation is 1. The van der Waals surface area contributed by atoms with Crippen molar-refractivity contribution >= 4 is 0 Å². The van der Waals surface area contributed by atoms with E-state index in [4.69, 9.17) is 5.26 Å². The zero-order chi connectivity index (χ0) is 13.5. The maximum Gasteiger partial charge on any atom is 0.126 e. The number of nitrogens with one attached hydrogen (secondary N) is 1. The van der Waals surface area contributed by atoms with Gasteiger partial charge in [-0.2, -0.15) is 5.26 Å². The second-order valence-electron chi connectivity index (χ2n) is 4.68. The van der Waals surface area contributed by atoms with E-state index in [9.17, 15) is 4.39 Å². The van der Waals surface area contributed by atoms with Crippen LogP contribution in [0.15, 0.2) is 18.2 Å². The lowest BCUT2D eigenvalue weighted by molar-refractivity contribution is 0.392. The van der Waals surface area contributed by atoms with Crippen LogP contribution in [0.5, 0.6) is 0 Å². The molecule has 1 aromatic carbocycles. The van der Waals surface area contributed by atoms with Gasteiger partial charge in [0.25, 0.3) is 0 Å². The van der Waals surface area contributed by atoms with Crippen LogP contribution in [-0.4, -0.2) is 32.1 Å². The Morgan fingerprint density at radius 1 is 1.44 bits per heavy atom. The van der Waals surface area contributed by atoms with Crippen molar-refractivity contribution in [3.63, 3.8) is 0 Å². The van der Waals surface area contributed by atoms with Crippen molar-refractivity contribution in [2.24, 2.45) is 0 Å². The molecule has 0 fully saturated rings. The molecule has 0 aromatic heterocycles. The molecular weight excluding hydrogens is 229 g/mol. The fraction of sp³-hybridized carbons (Fsp3) is 0.500. The van der Waals surface area contributed by atoms with E-state index in [0.29, 0.717) is 5.56 Å². The molecule has 0 saturated carbocycles. The standard InChI is InChI=1S/C14H20FN3/c1-11-9-12(5-6-13(11)15)14(10-16)17-7-4-8-18(2)3/h5-6,9,14,17H,4,7-8H2,1-3H3. The summed E-state index contributed by atoms with van der Waals surface area (Å²) in [7, 11) is 4.04. The average Bonchev–Trinajstić information content (AvgIpc) is 2.33. The first-order valence-corrected chi connectivity index (χ1v) is 6.08. The first-order chi connectivity index (χ1) is 8.54. The van der Waals surface area contributed by atoms with Crippen LogP contribution in [0.1, 0.15) is 23.6 Å². The highest BCUT2D eigenvalue weighted by Crippen LogP contribution is 2.16. The zero-order valence-corrected chi connectivity index (χ0v) is 11.2. The molecule has 1 atom stereocenters. The highest BCUT2D eigenvalue weighted by atomic mass is 19.1. The monoisotopic (exact) mass is 249 g/mol. The third-order valence-corrected chi connectivity index (χ3v) is 2.77. The van der Waals surface area contributed by atoms with Gasteiger partial charge in [0.15, 0.2) is 0 Å². The molecule has 1 rings (SSSR count). The molecule has 0 heterocycles. The Morgan fingerprint density at radius 3 is 2.72 bits per heavy atom. The van der Waals surface area contributed by atoms with Gasteiger partial charge >= 0.3 is 0 Å². The number of halogens is 1. The minimum absolute atomic E-state index is 0.233. The summed E-state index contributed by atoms with van der Waals surface area (Å²) in [5, 5.41) is 12.3. The van der Waals surface area contributed by atoms with Crippen molar-refractivity contribution in [2.45, 2.75) is 19.4 Å². The zero-order valence-electron chi connectivity index (χ0n) is 11.2. The van der Waals surface area contributed by atoms with Gasteiger partial charge < -0.3 is 4.90 Å². The van der Waals surface area contributed by atoms with E-state index in [-0.39, 0.29) is 11.9 Å². The summed E-state index contributed by atoms with van der Waals surface area (Å²) < 4.78 is 13.2. The third-order valence-electron chi connectivity index (χ3n) is 2.77. The van der Waals surface area contributed by atoms with E-state index < -0.39 is 0 Å². The van der Waals surface area contributed by atoms with Crippen LogP contribution in [-0.2, 0) is 0 Å². The number of nitriles is 1. The predicted molar refractivity (Wildman–Crippen MR) is 70.7 cm³/mol. The molecule has 1 aromatic rings. The number of benzene rings is 1. The van der Waals surface area contributed by atoms with Crippen molar-refractivity contribution in [1.82, 2.24) is 10.2 Å². The number of hydrogen-bond donors (Lipinski definition) is 1. The van der Waals surface area contributed by atoms with Gasteiger partial charge in [0, 0.05) is 0 Å². The second kappa shape index (κ2) is 7.10. The lowest BCUT2D eigenvalue weighted by Crippen LogP contribution is -2.24. The van der Waals surface area contributed by atoms with Crippen molar-refractivity contribution in [3.8, 4) is 6.07 Å². The Morgan fingerprint density at radius 2 is 2.17 bits per heavy atom. The van der Waals surface area contributed by atoms with Crippen LogP contribution < -0.4 is 5.32 Å². The Kier molecular flexibility index (Phi) is 5.76. The van der Waals surface area contributed by atoms with Gasteiger partial charge in [-0.3, -0.25) is 5.32 Å². The van der Waals surface area contributed by atoms with Crippen molar-refractivity contribution in [3.05, 3.63) is 35.1 Å². The van der Waals surface area contributed by atoms with Gasteiger partial charge in [-0.1, -0.05) is 12.1 Å². The van der Waals surface area contributed by atoms with Crippen LogP contribution in [0, 0.1) is 24.1 Å². The van der Waals surface area contributed by atoms with E-state index >= 15 is 0 Å². The maximum atomic E-state index is 13.2. The molecule has 0 radical (unpaired) electrons. The summed E-state index contributed by atoms with van der Waals surface area (Å²) in [6.07, 6.45) is 0.978. The lowest BCUT2D eigenvalue weighted by Gasteiger charge is -2.14. The van der Waals surface area contributed by atoms with Gasteiger partial charge in [0.05, 0.1) is 6.07 Å². The topological polar surface area (TPSA) is 39.1 Å². The van der Waals surface area contributed by atoms with Crippen LogP contribution in [0.25, 0.3) is 0 Å². The van der Waals surface area contributed by atoms with Gasteiger partial charge in [-0.05, 0) is 57.7 Å². The lowest BCUT2D eigenvalue weighted by atomic mass is 10.0. The predicted octanol–water partition coefficient (Wildman–Crippen LogP) is 2.24. The first kappa shape index (κ1) is 14.6. The van der Waals surface area contributed by atoms with Crippen molar-refractivity contribution in [2.75, 3.05) is 27.2 Å². The summed E-state index contributed by atoms with van der Waals surface area (Å²) in [6.45, 7) is 3.46. The van der Waals surface area contributed by atoms with Crippen LogP contribution >= 0.6 is 0 Å². The minimum atomic E-state index is -0.369. The van der Waals surface area contributed by atoms with E-state index in [2.05, 4.69) is 16.3 Å². The molecule has 4 heteroatoms. The molecule has 0 aliphatic carbocycles. The highest BCUT2D eigenvalue weighted by molar-refractivity contribution is 5.29. The fourth-order valence-electron chi connectivity index (χ4n) is 1.73. The first-order valence-electron chi connectivity index (χ1n) is 6.08. The van der Waals surface area contributed by atoms with E-state index in [1.165, 1.54) is 6.07 Å². The summed E-state index contributed by atoms with van der Waals surface area (Å²) in [5.41, 5.74) is 1.39. The van der Waals surface area contributed by atoms with E-state index in [1.54, 1.807) is 19.1 Å². The summed E-state index contributed by atoms with van der Waals surface area (Å²) in [4.78, 5) is 2.10. The molecule has 18 heavy (non-hydrogen) atoms. The quantitative estimate of drug-likeness (QED) is 0.786. The fourth-order valence-corrected chi connectivity index (χ4v) is 1.73. The SMILES string of the molecule is Cc1cc(C(C#N)NCCCN(C)C)ccc1F. The molecule has 0 aliphatic rings. The number of rotatable bonds is 6. The van der Waals surface area contributed by atoms with Gasteiger partial charge in [-0.15, -0.1) is 0 Å².